The number of aliphatic hydroxyl groups excluding tert-OH is 2. The summed E-state index contributed by atoms with van der Waals surface area (Å²) in [6.07, 6.45) is 0.500. The van der Waals surface area contributed by atoms with E-state index in [-0.39, 0.29) is 58.9 Å². The highest BCUT2D eigenvalue weighted by Gasteiger charge is 2.32. The molecule has 1 aliphatic rings. The van der Waals surface area contributed by atoms with Gasteiger partial charge in [-0.1, -0.05) is 36.4 Å². The lowest BCUT2D eigenvalue weighted by Gasteiger charge is -2.20. The van der Waals surface area contributed by atoms with Gasteiger partial charge in [-0.2, -0.15) is 10.2 Å². The summed E-state index contributed by atoms with van der Waals surface area (Å²) in [5, 5.41) is 37.3. The standard InChI is InChI=1S/C17H19N3O4.C14H10N2O2/c1-12-10-13(14(11-22)8-9-21)2-7-17(12)19-18-15-3-5-16(6-4-15)20(23)24;15-9-5-6-10(16)12-11(9)13(17)7-3-1-2-4-8(7)14(12)18/h2-7,10,14,21-22H,8-9,11H2,1H3;1-6H,15-16H2. The Kier molecular flexibility index (Phi) is 9.15. The highest BCUT2D eigenvalue weighted by Crippen LogP contribution is 2.34. The fourth-order valence-electron chi connectivity index (χ4n) is 4.59. The first-order chi connectivity index (χ1) is 20.2. The number of azo groups is 1. The molecule has 42 heavy (non-hydrogen) atoms. The van der Waals surface area contributed by atoms with Crippen molar-refractivity contribution in [2.24, 2.45) is 10.2 Å². The molecule has 0 aliphatic heterocycles. The third-order valence-corrected chi connectivity index (χ3v) is 6.86. The zero-order valence-corrected chi connectivity index (χ0v) is 22.7. The van der Waals surface area contributed by atoms with Gasteiger partial charge in [-0.3, -0.25) is 19.7 Å². The van der Waals surface area contributed by atoms with E-state index in [9.17, 15) is 24.8 Å². The highest BCUT2D eigenvalue weighted by molar-refractivity contribution is 6.31. The molecular weight excluding hydrogens is 538 g/mol. The number of carbonyl (C=O) groups is 2. The van der Waals surface area contributed by atoms with Crippen molar-refractivity contribution in [3.05, 3.63) is 122 Å². The molecule has 0 aromatic heterocycles. The fourth-order valence-corrected chi connectivity index (χ4v) is 4.59. The second-order valence-corrected chi connectivity index (χ2v) is 9.61. The Balaban J connectivity index is 0.000000200. The lowest BCUT2D eigenvalue weighted by atomic mass is 9.82. The summed E-state index contributed by atoms with van der Waals surface area (Å²) < 4.78 is 0. The minimum Gasteiger partial charge on any atom is -0.398 e. The molecule has 0 radical (unpaired) electrons. The van der Waals surface area contributed by atoms with Crippen LogP contribution in [0, 0.1) is 17.0 Å². The number of non-ortho nitro benzene ring substituents is 1. The molecule has 0 fully saturated rings. The van der Waals surface area contributed by atoms with Crippen LogP contribution >= 0.6 is 0 Å². The number of hydrogen-bond acceptors (Lipinski definition) is 10. The SMILES string of the molecule is Cc1cc(C(CO)CCO)ccc1N=Nc1ccc([N+](=O)[O-])cc1.Nc1ccc(N)c2c1C(=O)c1ccccc1C2=O. The zero-order valence-electron chi connectivity index (χ0n) is 22.7. The van der Waals surface area contributed by atoms with Gasteiger partial charge in [0.05, 0.1) is 34.0 Å². The van der Waals surface area contributed by atoms with Gasteiger partial charge in [0.25, 0.3) is 5.69 Å². The number of hydrogen-bond donors (Lipinski definition) is 4. The zero-order chi connectivity index (χ0) is 30.4. The number of anilines is 2. The molecular formula is C31H29N5O6. The van der Waals surface area contributed by atoms with Crippen LogP contribution in [0.15, 0.2) is 89.1 Å². The van der Waals surface area contributed by atoms with Gasteiger partial charge in [-0.25, -0.2) is 0 Å². The Bertz CT molecular complexity index is 1620. The first kappa shape index (κ1) is 29.7. The van der Waals surface area contributed by atoms with Crippen molar-refractivity contribution in [3.63, 3.8) is 0 Å². The summed E-state index contributed by atoms with van der Waals surface area (Å²) in [5.74, 6) is -0.593. The number of fused-ring (bicyclic) bond motifs is 2. The van der Waals surface area contributed by atoms with Crippen molar-refractivity contribution in [2.45, 2.75) is 19.3 Å². The van der Waals surface area contributed by atoms with E-state index in [1.165, 1.54) is 24.3 Å². The summed E-state index contributed by atoms with van der Waals surface area (Å²) >= 11 is 0. The van der Waals surface area contributed by atoms with Gasteiger partial charge in [0, 0.05) is 47.2 Å². The highest BCUT2D eigenvalue weighted by atomic mass is 16.6. The van der Waals surface area contributed by atoms with E-state index in [0.717, 1.165) is 11.1 Å². The van der Waals surface area contributed by atoms with Gasteiger partial charge in [-0.05, 0) is 54.8 Å². The Morgan fingerprint density at radius 1 is 0.833 bits per heavy atom. The fraction of sp³-hybridized carbons (Fsp3) is 0.161. The predicted octanol–water partition coefficient (Wildman–Crippen LogP) is 5.40. The third-order valence-electron chi connectivity index (χ3n) is 6.86. The summed E-state index contributed by atoms with van der Waals surface area (Å²) in [4.78, 5) is 34.8. The van der Waals surface area contributed by atoms with Crippen LogP contribution in [0.4, 0.5) is 28.4 Å². The lowest BCUT2D eigenvalue weighted by Crippen LogP contribution is -2.23. The number of nitrogens with zero attached hydrogens (tertiary/aromatic N) is 3. The number of rotatable bonds is 7. The average molecular weight is 568 g/mol. The Morgan fingerprint density at radius 3 is 1.88 bits per heavy atom. The number of nitrogens with two attached hydrogens (primary N) is 2. The Morgan fingerprint density at radius 2 is 1.40 bits per heavy atom. The Labute approximate surface area is 241 Å². The second kappa shape index (κ2) is 12.9. The molecule has 4 aromatic carbocycles. The molecule has 0 saturated carbocycles. The molecule has 4 aromatic rings. The quantitative estimate of drug-likeness (QED) is 0.0867. The van der Waals surface area contributed by atoms with E-state index < -0.39 is 4.92 Å². The van der Waals surface area contributed by atoms with Gasteiger partial charge in [-0.15, -0.1) is 0 Å². The van der Waals surface area contributed by atoms with E-state index in [2.05, 4.69) is 10.2 Å². The van der Waals surface area contributed by atoms with E-state index >= 15 is 0 Å². The molecule has 0 bridgehead atoms. The molecule has 5 rings (SSSR count). The molecule has 6 N–H and O–H groups in total. The summed E-state index contributed by atoms with van der Waals surface area (Å²) in [6, 6.07) is 21.2. The molecule has 0 heterocycles. The van der Waals surface area contributed by atoms with Gasteiger partial charge < -0.3 is 21.7 Å². The number of nitro benzene ring substituents is 1. The maximum Gasteiger partial charge on any atom is 0.269 e. The number of nitro groups is 1. The minimum absolute atomic E-state index is 0.00779. The van der Waals surface area contributed by atoms with Crippen LogP contribution in [0.2, 0.25) is 0 Å². The molecule has 214 valence electrons. The normalized spacial score (nSPS) is 12.7. The first-order valence-electron chi connectivity index (χ1n) is 13.0. The van der Waals surface area contributed by atoms with Crippen LogP contribution in [0.1, 0.15) is 55.3 Å². The van der Waals surface area contributed by atoms with Crippen molar-refractivity contribution >= 4 is 40.0 Å². The minimum atomic E-state index is -0.465. The van der Waals surface area contributed by atoms with E-state index in [1.807, 2.05) is 19.1 Å². The van der Waals surface area contributed by atoms with Crippen LogP contribution < -0.4 is 11.5 Å². The predicted molar refractivity (Wildman–Crippen MR) is 159 cm³/mol. The Hall–Kier alpha value is -5.26. The molecule has 1 atom stereocenters. The van der Waals surface area contributed by atoms with Crippen LogP contribution in [0.25, 0.3) is 0 Å². The van der Waals surface area contributed by atoms with Crippen LogP contribution in [-0.4, -0.2) is 39.9 Å². The lowest BCUT2D eigenvalue weighted by molar-refractivity contribution is -0.384. The van der Waals surface area contributed by atoms with Gasteiger partial charge in [0.15, 0.2) is 11.6 Å². The summed E-state index contributed by atoms with van der Waals surface area (Å²) in [7, 11) is 0. The van der Waals surface area contributed by atoms with E-state index in [4.69, 9.17) is 16.6 Å². The largest absolute Gasteiger partial charge is 0.398 e. The first-order valence-corrected chi connectivity index (χ1v) is 13.0. The number of aryl methyl sites for hydroxylation is 1. The van der Waals surface area contributed by atoms with Crippen LogP contribution in [-0.2, 0) is 0 Å². The maximum absolute atomic E-state index is 12.3. The van der Waals surface area contributed by atoms with Crippen LogP contribution in [0.5, 0.6) is 0 Å². The molecule has 11 heteroatoms. The van der Waals surface area contributed by atoms with Crippen molar-refractivity contribution in [1.82, 2.24) is 0 Å². The van der Waals surface area contributed by atoms with Crippen molar-refractivity contribution < 1.29 is 24.7 Å². The van der Waals surface area contributed by atoms with Crippen LogP contribution in [0.3, 0.4) is 0 Å². The van der Waals surface area contributed by atoms with E-state index in [1.54, 1.807) is 42.5 Å². The molecule has 1 aliphatic carbocycles. The average Bonchev–Trinajstić information content (AvgIpc) is 2.99. The van der Waals surface area contributed by atoms with E-state index in [0.29, 0.717) is 28.9 Å². The monoisotopic (exact) mass is 567 g/mol. The number of nitrogen functional groups attached to an aromatic ring is 2. The number of carbonyl (C=O) groups excluding carboxylic acids is 2. The summed E-state index contributed by atoms with van der Waals surface area (Å²) in [5.41, 5.74) is 16.4. The third kappa shape index (κ3) is 6.22. The topological polar surface area (TPSA) is 195 Å². The van der Waals surface area contributed by atoms with Gasteiger partial charge >= 0.3 is 0 Å². The maximum atomic E-state index is 12.3. The van der Waals surface area contributed by atoms with Crippen molar-refractivity contribution in [3.8, 4) is 0 Å². The number of ketones is 2. The molecule has 11 nitrogen and oxygen atoms in total. The van der Waals surface area contributed by atoms with Gasteiger partial charge in [0.2, 0.25) is 0 Å². The number of aliphatic hydroxyl groups is 2. The molecule has 0 saturated heterocycles. The smallest absolute Gasteiger partial charge is 0.269 e. The summed E-state index contributed by atoms with van der Waals surface area (Å²) in [6.45, 7) is 1.89. The molecule has 1 unspecified atom stereocenters. The van der Waals surface area contributed by atoms with Crippen molar-refractivity contribution in [1.29, 1.82) is 0 Å². The second-order valence-electron chi connectivity index (χ2n) is 9.61. The number of benzene rings is 4. The van der Waals surface area contributed by atoms with Gasteiger partial charge in [0.1, 0.15) is 0 Å². The molecule has 0 spiro atoms. The van der Waals surface area contributed by atoms with Crippen molar-refractivity contribution in [2.75, 3.05) is 24.7 Å². The molecule has 0 amide bonds.